The monoisotopic (exact) mass is 425 g/mol. The van der Waals surface area contributed by atoms with Crippen LogP contribution in [0.5, 0.6) is 5.75 Å². The summed E-state index contributed by atoms with van der Waals surface area (Å²) < 4.78 is 12.6. The van der Waals surface area contributed by atoms with Crippen molar-refractivity contribution < 1.29 is 24.5 Å². The van der Waals surface area contributed by atoms with Gasteiger partial charge in [-0.2, -0.15) is 0 Å². The van der Waals surface area contributed by atoms with Gasteiger partial charge in [0.1, 0.15) is 5.75 Å². The van der Waals surface area contributed by atoms with Crippen LogP contribution < -0.4 is 0 Å². The molecule has 3 rings (SSSR count). The van der Waals surface area contributed by atoms with Gasteiger partial charge in [0.25, 0.3) is 0 Å². The lowest BCUT2D eigenvalue weighted by Crippen LogP contribution is -2.44. The van der Waals surface area contributed by atoms with Crippen molar-refractivity contribution in [2.24, 2.45) is 11.3 Å². The van der Waals surface area contributed by atoms with E-state index in [9.17, 15) is 9.90 Å². The first-order chi connectivity index (χ1) is 14.9. The molecule has 31 heavy (non-hydrogen) atoms. The number of para-hydroxylation sites is 1. The number of rotatable bonds is 9. The van der Waals surface area contributed by atoms with E-state index >= 15 is 0 Å². The van der Waals surface area contributed by atoms with Crippen LogP contribution in [0, 0.1) is 11.3 Å². The van der Waals surface area contributed by atoms with Crippen LogP contribution in [-0.4, -0.2) is 34.1 Å². The lowest BCUT2D eigenvalue weighted by molar-refractivity contribution is -0.278. The maximum Gasteiger partial charge on any atom is 0.303 e. The topological polar surface area (TPSA) is 88.9 Å². The Bertz CT molecular complexity index is 880. The Kier molecular flexibility index (Phi) is 7.82. The van der Waals surface area contributed by atoms with Crippen molar-refractivity contribution in [1.82, 2.24) is 4.98 Å². The van der Waals surface area contributed by atoms with E-state index in [0.717, 1.165) is 17.5 Å². The van der Waals surface area contributed by atoms with Crippen LogP contribution in [0.15, 0.2) is 60.9 Å². The number of hydrogen-bond acceptors (Lipinski definition) is 5. The van der Waals surface area contributed by atoms with Crippen LogP contribution in [-0.2, 0) is 20.7 Å². The molecule has 0 spiro atoms. The number of allylic oxidation sites excluding steroid dienone is 2. The summed E-state index contributed by atoms with van der Waals surface area (Å²) in [5.41, 5.74) is 1.56. The molecule has 0 unspecified atom stereocenters. The number of phenolic OH excluding ortho intramolecular Hbond substituents is 1. The highest BCUT2D eigenvalue weighted by molar-refractivity contribution is 5.66. The SMILES string of the molecule is CC(C)(Cc1cccnc1)[C@H]1OC[C@@H](C/C=C/CCC(=O)O)[C@@H](c2ccccc2O)O1. The van der Waals surface area contributed by atoms with Gasteiger partial charge >= 0.3 is 5.97 Å². The molecule has 3 atom stereocenters. The van der Waals surface area contributed by atoms with Gasteiger partial charge in [0, 0.05) is 35.7 Å². The minimum atomic E-state index is -0.806. The molecule has 0 bridgehead atoms. The Labute approximate surface area is 183 Å². The summed E-state index contributed by atoms with van der Waals surface area (Å²) in [7, 11) is 0. The Hall–Kier alpha value is -2.70. The molecule has 1 aromatic carbocycles. The fraction of sp³-hybridized carbons (Fsp3) is 0.440. The summed E-state index contributed by atoms with van der Waals surface area (Å²) in [5.74, 6) is -0.586. The maximum absolute atomic E-state index is 10.7. The average molecular weight is 426 g/mol. The van der Waals surface area contributed by atoms with Crippen LogP contribution >= 0.6 is 0 Å². The third-order valence-electron chi connectivity index (χ3n) is 5.55. The molecule has 2 heterocycles. The van der Waals surface area contributed by atoms with Gasteiger partial charge in [-0.25, -0.2) is 0 Å². The predicted molar refractivity (Wildman–Crippen MR) is 118 cm³/mol. The second kappa shape index (κ2) is 10.6. The Balaban J connectivity index is 1.74. The smallest absolute Gasteiger partial charge is 0.303 e. The van der Waals surface area contributed by atoms with Crippen molar-refractivity contribution in [3.05, 3.63) is 72.1 Å². The Morgan fingerprint density at radius 2 is 2.03 bits per heavy atom. The van der Waals surface area contributed by atoms with E-state index < -0.39 is 12.3 Å². The van der Waals surface area contributed by atoms with E-state index in [2.05, 4.69) is 18.8 Å². The van der Waals surface area contributed by atoms with Crippen molar-refractivity contribution in [3.8, 4) is 5.75 Å². The summed E-state index contributed by atoms with van der Waals surface area (Å²) >= 11 is 0. The minimum absolute atomic E-state index is 0.0137. The van der Waals surface area contributed by atoms with Gasteiger partial charge in [-0.1, -0.05) is 50.3 Å². The predicted octanol–water partition coefficient (Wildman–Crippen LogP) is 4.90. The minimum Gasteiger partial charge on any atom is -0.508 e. The van der Waals surface area contributed by atoms with Crippen LogP contribution in [0.1, 0.15) is 50.3 Å². The number of benzene rings is 1. The first-order valence-corrected chi connectivity index (χ1v) is 10.7. The molecule has 1 saturated heterocycles. The standard InChI is InChI=1S/C25H31NO5/c1-25(2,15-18-9-8-14-26-16-18)24-30-17-19(10-4-3-5-13-22(28)29)23(31-24)20-11-6-7-12-21(20)27/h3-4,6-9,11-12,14,16,19,23-24,27H,5,10,13,15,17H2,1-2H3,(H,28,29)/b4-3+/t19-,23+,24+/m1/s1. The summed E-state index contributed by atoms with van der Waals surface area (Å²) in [6.07, 6.45) is 8.74. The van der Waals surface area contributed by atoms with Gasteiger partial charge in [-0.3, -0.25) is 9.78 Å². The summed E-state index contributed by atoms with van der Waals surface area (Å²) in [4.78, 5) is 14.9. The number of carbonyl (C=O) groups is 1. The third kappa shape index (κ3) is 6.39. The third-order valence-corrected chi connectivity index (χ3v) is 5.55. The Morgan fingerprint density at radius 3 is 2.74 bits per heavy atom. The highest BCUT2D eigenvalue weighted by Gasteiger charge is 2.41. The van der Waals surface area contributed by atoms with Gasteiger partial charge < -0.3 is 19.7 Å². The Morgan fingerprint density at radius 1 is 1.23 bits per heavy atom. The molecule has 2 N–H and O–H groups in total. The number of phenols is 1. The zero-order valence-electron chi connectivity index (χ0n) is 18.1. The van der Waals surface area contributed by atoms with Crippen LogP contribution in [0.2, 0.25) is 0 Å². The number of pyridine rings is 1. The summed E-state index contributed by atoms with van der Waals surface area (Å²) in [5, 5.41) is 19.3. The van der Waals surface area contributed by atoms with E-state index in [0.29, 0.717) is 19.4 Å². The van der Waals surface area contributed by atoms with Crippen molar-refractivity contribution in [2.45, 2.75) is 51.9 Å². The first-order valence-electron chi connectivity index (χ1n) is 10.7. The van der Waals surface area contributed by atoms with Crippen LogP contribution in [0.25, 0.3) is 0 Å². The number of aromatic hydroxyl groups is 1. The molecule has 0 saturated carbocycles. The van der Waals surface area contributed by atoms with E-state index in [1.165, 1.54) is 0 Å². The van der Waals surface area contributed by atoms with Gasteiger partial charge in [0.15, 0.2) is 6.29 Å². The fourth-order valence-electron chi connectivity index (χ4n) is 3.95. The van der Waals surface area contributed by atoms with Gasteiger partial charge in [0.05, 0.1) is 12.7 Å². The number of nitrogens with zero attached hydrogens (tertiary/aromatic N) is 1. The van der Waals surface area contributed by atoms with E-state index in [4.69, 9.17) is 14.6 Å². The lowest BCUT2D eigenvalue weighted by atomic mass is 9.83. The van der Waals surface area contributed by atoms with Gasteiger partial charge in [-0.05, 0) is 37.0 Å². The molecule has 1 aromatic heterocycles. The van der Waals surface area contributed by atoms with Crippen molar-refractivity contribution in [1.29, 1.82) is 0 Å². The first kappa shape index (κ1) is 23.0. The van der Waals surface area contributed by atoms with Crippen LogP contribution in [0.3, 0.4) is 0 Å². The zero-order valence-corrected chi connectivity index (χ0v) is 18.1. The number of aliphatic carboxylic acids is 1. The normalized spacial score (nSPS) is 21.9. The molecule has 1 aliphatic rings. The number of carboxylic acid groups (broad SMARTS) is 1. The largest absolute Gasteiger partial charge is 0.508 e. The molecule has 0 aliphatic carbocycles. The molecule has 0 amide bonds. The second-order valence-electron chi connectivity index (χ2n) is 8.71. The molecular weight excluding hydrogens is 394 g/mol. The highest BCUT2D eigenvalue weighted by Crippen LogP contribution is 2.43. The van der Waals surface area contributed by atoms with Crippen LogP contribution in [0.4, 0.5) is 0 Å². The summed E-state index contributed by atoms with van der Waals surface area (Å²) in [6, 6.07) is 11.2. The molecule has 2 aromatic rings. The second-order valence-corrected chi connectivity index (χ2v) is 8.71. The molecule has 166 valence electrons. The van der Waals surface area contributed by atoms with Crippen molar-refractivity contribution in [2.75, 3.05) is 6.61 Å². The lowest BCUT2D eigenvalue weighted by Gasteiger charge is -2.43. The van der Waals surface area contributed by atoms with Gasteiger partial charge in [0.2, 0.25) is 0 Å². The molecule has 1 aliphatic heterocycles. The van der Waals surface area contributed by atoms with Crippen molar-refractivity contribution >= 4 is 5.97 Å². The van der Waals surface area contributed by atoms with Crippen molar-refractivity contribution in [3.63, 3.8) is 0 Å². The van der Waals surface area contributed by atoms with E-state index in [1.54, 1.807) is 18.3 Å². The molecule has 6 heteroatoms. The highest BCUT2D eigenvalue weighted by atomic mass is 16.7. The zero-order chi connectivity index (χ0) is 22.3. The number of hydrogen-bond donors (Lipinski definition) is 2. The molecular formula is C25H31NO5. The molecule has 6 nitrogen and oxygen atoms in total. The fourth-order valence-corrected chi connectivity index (χ4v) is 3.95. The number of ether oxygens (including phenoxy) is 2. The average Bonchev–Trinajstić information content (AvgIpc) is 2.74. The number of carboxylic acids is 1. The van der Waals surface area contributed by atoms with Gasteiger partial charge in [-0.15, -0.1) is 0 Å². The molecule has 1 fully saturated rings. The quantitative estimate of drug-likeness (QED) is 0.556. The van der Waals surface area contributed by atoms with E-state index in [-0.39, 0.29) is 29.6 Å². The summed E-state index contributed by atoms with van der Waals surface area (Å²) in [6.45, 7) is 4.71. The van der Waals surface area contributed by atoms with E-state index in [1.807, 2.05) is 42.6 Å². The molecule has 0 radical (unpaired) electrons. The maximum atomic E-state index is 10.7. The number of aromatic nitrogens is 1.